The van der Waals surface area contributed by atoms with E-state index in [1.54, 1.807) is 18.3 Å². The Morgan fingerprint density at radius 2 is 2.15 bits per heavy atom. The topological polar surface area (TPSA) is 73.3 Å². The summed E-state index contributed by atoms with van der Waals surface area (Å²) in [6.07, 6.45) is 4.90. The maximum atomic E-state index is 14.8. The highest BCUT2D eigenvalue weighted by Gasteiger charge is 2.40. The molecule has 1 N–H and O–H groups in total. The Labute approximate surface area is 158 Å². The van der Waals surface area contributed by atoms with Gasteiger partial charge in [-0.15, -0.1) is 0 Å². The molecule has 0 spiro atoms. The molecular formula is C20H26FN3O3. The molecule has 0 amide bonds. The molecule has 0 atom stereocenters. The molecule has 27 heavy (non-hydrogen) atoms. The average molecular weight is 375 g/mol. The number of piperidine rings is 1. The standard InChI is InChI=1S/C20H26FN3O3/c1-3-27-19(25)20(9-12-22-13-10-20)8-4-6-14-16(21)18(26-2)24-15-7-5-11-23-17(14)15/h5,7,11,22H,3-4,6,8-10,12-13H2,1-2H3. The van der Waals surface area contributed by atoms with E-state index in [0.29, 0.717) is 42.5 Å². The monoisotopic (exact) mass is 375 g/mol. The molecule has 1 aliphatic rings. The number of carbonyl (C=O) groups excluding carboxylic acids is 1. The van der Waals surface area contributed by atoms with E-state index in [9.17, 15) is 9.18 Å². The number of hydrogen-bond acceptors (Lipinski definition) is 6. The minimum Gasteiger partial charge on any atom is -0.479 e. The lowest BCUT2D eigenvalue weighted by Crippen LogP contribution is -2.43. The van der Waals surface area contributed by atoms with Crippen LogP contribution in [0.2, 0.25) is 0 Å². The minimum atomic E-state index is -0.488. The first-order chi connectivity index (χ1) is 13.1. The fourth-order valence-corrected chi connectivity index (χ4v) is 3.82. The first-order valence-corrected chi connectivity index (χ1v) is 9.46. The van der Waals surface area contributed by atoms with Crippen molar-refractivity contribution in [1.29, 1.82) is 0 Å². The summed E-state index contributed by atoms with van der Waals surface area (Å²) < 4.78 is 25.2. The van der Waals surface area contributed by atoms with E-state index in [0.717, 1.165) is 25.9 Å². The molecule has 2 aromatic rings. The number of carbonyl (C=O) groups is 1. The number of nitrogens with zero attached hydrogens (tertiary/aromatic N) is 2. The summed E-state index contributed by atoms with van der Waals surface area (Å²) in [6.45, 7) is 3.78. The average Bonchev–Trinajstić information content (AvgIpc) is 2.70. The van der Waals surface area contributed by atoms with Crippen LogP contribution in [-0.4, -0.2) is 42.7 Å². The number of nitrogens with one attached hydrogen (secondary N) is 1. The van der Waals surface area contributed by atoms with Gasteiger partial charge in [-0.25, -0.2) is 9.37 Å². The van der Waals surface area contributed by atoms with Crippen LogP contribution in [0.15, 0.2) is 18.3 Å². The first-order valence-electron chi connectivity index (χ1n) is 9.46. The molecule has 6 nitrogen and oxygen atoms in total. The second-order valence-electron chi connectivity index (χ2n) is 6.89. The van der Waals surface area contributed by atoms with Crippen molar-refractivity contribution in [2.45, 2.75) is 39.0 Å². The Hall–Kier alpha value is -2.28. The predicted molar refractivity (Wildman–Crippen MR) is 100 cm³/mol. The van der Waals surface area contributed by atoms with E-state index in [1.165, 1.54) is 7.11 Å². The smallest absolute Gasteiger partial charge is 0.312 e. The van der Waals surface area contributed by atoms with Gasteiger partial charge in [0.1, 0.15) is 0 Å². The highest BCUT2D eigenvalue weighted by molar-refractivity contribution is 5.79. The van der Waals surface area contributed by atoms with E-state index in [2.05, 4.69) is 15.3 Å². The number of esters is 1. The van der Waals surface area contributed by atoms with Crippen molar-refractivity contribution >= 4 is 17.0 Å². The number of methoxy groups -OCH3 is 1. The van der Waals surface area contributed by atoms with Gasteiger partial charge in [0.05, 0.1) is 30.2 Å². The van der Waals surface area contributed by atoms with Crippen LogP contribution in [0.4, 0.5) is 4.39 Å². The van der Waals surface area contributed by atoms with Crippen LogP contribution in [0, 0.1) is 11.2 Å². The van der Waals surface area contributed by atoms with Crippen molar-refractivity contribution in [3.05, 3.63) is 29.7 Å². The molecule has 2 aromatic heterocycles. The number of ether oxygens (including phenoxy) is 2. The number of aromatic nitrogens is 2. The molecule has 0 unspecified atom stereocenters. The third kappa shape index (κ3) is 4.03. The lowest BCUT2D eigenvalue weighted by Gasteiger charge is -2.35. The van der Waals surface area contributed by atoms with E-state index < -0.39 is 11.2 Å². The summed E-state index contributed by atoms with van der Waals surface area (Å²) in [5.74, 6) is -0.631. The van der Waals surface area contributed by atoms with Crippen molar-refractivity contribution in [1.82, 2.24) is 15.3 Å². The lowest BCUT2D eigenvalue weighted by molar-refractivity contribution is -0.157. The van der Waals surface area contributed by atoms with Gasteiger partial charge in [-0.2, -0.15) is 0 Å². The minimum absolute atomic E-state index is 0.0209. The summed E-state index contributed by atoms with van der Waals surface area (Å²) in [6, 6.07) is 3.56. The van der Waals surface area contributed by atoms with Crippen LogP contribution < -0.4 is 10.1 Å². The molecule has 3 rings (SSSR count). The zero-order valence-electron chi connectivity index (χ0n) is 15.9. The molecule has 146 valence electrons. The van der Waals surface area contributed by atoms with Crippen LogP contribution in [0.1, 0.15) is 38.2 Å². The molecule has 1 saturated heterocycles. The van der Waals surface area contributed by atoms with Crippen LogP contribution >= 0.6 is 0 Å². The van der Waals surface area contributed by atoms with E-state index in [4.69, 9.17) is 9.47 Å². The van der Waals surface area contributed by atoms with Crippen molar-refractivity contribution < 1.29 is 18.7 Å². The highest BCUT2D eigenvalue weighted by Crippen LogP contribution is 2.37. The molecule has 0 saturated carbocycles. The van der Waals surface area contributed by atoms with Crippen molar-refractivity contribution in [2.75, 3.05) is 26.8 Å². The molecule has 0 radical (unpaired) electrons. The Morgan fingerprint density at radius 1 is 1.37 bits per heavy atom. The predicted octanol–water partition coefficient (Wildman–Crippen LogP) is 3.03. The van der Waals surface area contributed by atoms with E-state index in [-0.39, 0.29) is 11.8 Å². The Morgan fingerprint density at radius 3 is 2.85 bits per heavy atom. The van der Waals surface area contributed by atoms with Crippen LogP contribution in [-0.2, 0) is 16.0 Å². The van der Waals surface area contributed by atoms with Gasteiger partial charge in [-0.05, 0) is 64.3 Å². The summed E-state index contributed by atoms with van der Waals surface area (Å²) >= 11 is 0. The maximum Gasteiger partial charge on any atom is 0.312 e. The van der Waals surface area contributed by atoms with E-state index >= 15 is 0 Å². The fourth-order valence-electron chi connectivity index (χ4n) is 3.82. The summed E-state index contributed by atoms with van der Waals surface area (Å²) in [7, 11) is 1.40. The Balaban J connectivity index is 1.81. The second-order valence-corrected chi connectivity index (χ2v) is 6.89. The largest absolute Gasteiger partial charge is 0.479 e. The van der Waals surface area contributed by atoms with Crippen molar-refractivity contribution in [3.63, 3.8) is 0 Å². The van der Waals surface area contributed by atoms with Crippen LogP contribution in [0.5, 0.6) is 5.88 Å². The quantitative estimate of drug-likeness (QED) is 0.750. The van der Waals surface area contributed by atoms with Gasteiger partial charge in [-0.3, -0.25) is 9.78 Å². The molecule has 1 aliphatic heterocycles. The summed E-state index contributed by atoms with van der Waals surface area (Å²) in [4.78, 5) is 21.1. The number of aryl methyl sites for hydroxylation is 1. The second kappa shape index (κ2) is 8.61. The molecular weight excluding hydrogens is 349 g/mol. The molecule has 0 bridgehead atoms. The van der Waals surface area contributed by atoms with Crippen molar-refractivity contribution in [2.24, 2.45) is 5.41 Å². The van der Waals surface area contributed by atoms with Gasteiger partial charge >= 0.3 is 5.97 Å². The third-order valence-electron chi connectivity index (χ3n) is 5.29. The fraction of sp³-hybridized carbons (Fsp3) is 0.550. The number of halogens is 1. The van der Waals surface area contributed by atoms with Gasteiger partial charge in [0.25, 0.3) is 5.88 Å². The van der Waals surface area contributed by atoms with Gasteiger partial charge in [0, 0.05) is 11.8 Å². The number of pyridine rings is 2. The molecule has 1 fully saturated rings. The van der Waals surface area contributed by atoms with Crippen LogP contribution in [0.25, 0.3) is 11.0 Å². The Bertz CT molecular complexity index is 806. The zero-order chi connectivity index (χ0) is 19.3. The third-order valence-corrected chi connectivity index (χ3v) is 5.29. The van der Waals surface area contributed by atoms with Crippen molar-refractivity contribution in [3.8, 4) is 5.88 Å². The molecule has 3 heterocycles. The van der Waals surface area contributed by atoms with Crippen LogP contribution in [0.3, 0.4) is 0 Å². The SMILES string of the molecule is CCOC(=O)C1(CCCc2c(F)c(OC)nc3cccnc23)CCNCC1. The maximum absolute atomic E-state index is 14.8. The van der Waals surface area contributed by atoms with Gasteiger partial charge in [0.15, 0.2) is 5.82 Å². The normalized spacial score (nSPS) is 16.3. The molecule has 0 aliphatic carbocycles. The van der Waals surface area contributed by atoms with Gasteiger partial charge < -0.3 is 14.8 Å². The number of hydrogen-bond donors (Lipinski definition) is 1. The highest BCUT2D eigenvalue weighted by atomic mass is 19.1. The number of fused-ring (bicyclic) bond motifs is 1. The van der Waals surface area contributed by atoms with Gasteiger partial charge in [-0.1, -0.05) is 0 Å². The van der Waals surface area contributed by atoms with Gasteiger partial charge in [0.2, 0.25) is 0 Å². The zero-order valence-corrected chi connectivity index (χ0v) is 15.9. The number of rotatable bonds is 7. The lowest BCUT2D eigenvalue weighted by atomic mass is 9.74. The van der Waals surface area contributed by atoms with E-state index in [1.807, 2.05) is 6.92 Å². The molecule has 0 aromatic carbocycles. The summed E-state index contributed by atoms with van der Waals surface area (Å²) in [5, 5.41) is 3.29. The summed E-state index contributed by atoms with van der Waals surface area (Å²) in [5.41, 5.74) is 1.15. The Kier molecular flexibility index (Phi) is 6.21. The first kappa shape index (κ1) is 19.5. The molecule has 7 heteroatoms.